The van der Waals surface area contributed by atoms with Gasteiger partial charge in [-0.2, -0.15) is 0 Å². The number of benzene rings is 3. The molecule has 0 saturated heterocycles. The summed E-state index contributed by atoms with van der Waals surface area (Å²) in [6, 6.07) is 33.1. The lowest BCUT2D eigenvalue weighted by Gasteiger charge is -2.52. The van der Waals surface area contributed by atoms with Crippen LogP contribution >= 0.6 is 0 Å². The first-order chi connectivity index (χ1) is 19.0. The van der Waals surface area contributed by atoms with Crippen LogP contribution in [0.5, 0.6) is 0 Å². The molecule has 4 rings (SSSR count). The van der Waals surface area contributed by atoms with E-state index in [1.807, 2.05) is 0 Å². The first-order valence-corrected chi connectivity index (χ1v) is 20.7. The Labute approximate surface area is 239 Å². The molecule has 3 aromatic rings. The molecular weight excluding hydrogens is 517 g/mol. The fraction of sp³-hybridized carbons (Fsp3) is 0.167. The van der Waals surface area contributed by atoms with Crippen LogP contribution in [0.15, 0.2) is 165 Å². The van der Waals surface area contributed by atoms with E-state index in [2.05, 4.69) is 165 Å². The Hall–Kier alpha value is -3.25. The van der Waals surface area contributed by atoms with Crippen molar-refractivity contribution in [1.82, 2.24) is 0 Å². The standard InChI is InChI=1S/C36H42Si3/c1-7-37(8-2,31-22-16-13-17-23-31)34-28-29-35(38(9-3,10-4)32-24-18-14-19-25-32)36(30-34)39(11-5,12-6)33-26-20-15-21-27-33/h7-27,34-36H,1-6,28-30H2. The van der Waals surface area contributed by atoms with Gasteiger partial charge in [0.1, 0.15) is 24.2 Å². The van der Waals surface area contributed by atoms with E-state index in [0.717, 1.165) is 19.3 Å². The maximum atomic E-state index is 4.51. The van der Waals surface area contributed by atoms with Crippen LogP contribution < -0.4 is 15.6 Å². The molecule has 1 fully saturated rings. The zero-order chi connectivity index (χ0) is 27.9. The second kappa shape index (κ2) is 12.3. The summed E-state index contributed by atoms with van der Waals surface area (Å²) in [7, 11) is -6.91. The molecule has 0 aromatic heterocycles. The van der Waals surface area contributed by atoms with Crippen LogP contribution in [-0.2, 0) is 0 Å². The van der Waals surface area contributed by atoms with Crippen molar-refractivity contribution >= 4 is 39.8 Å². The van der Waals surface area contributed by atoms with Crippen LogP contribution in [0.2, 0.25) is 16.6 Å². The van der Waals surface area contributed by atoms with E-state index in [4.69, 9.17) is 0 Å². The average molecular weight is 559 g/mol. The molecule has 0 aliphatic heterocycles. The quantitative estimate of drug-likeness (QED) is 0.200. The van der Waals surface area contributed by atoms with Crippen molar-refractivity contribution in [3.05, 3.63) is 165 Å². The van der Waals surface area contributed by atoms with E-state index in [1.54, 1.807) is 0 Å². The minimum absolute atomic E-state index is 0.409. The molecule has 198 valence electrons. The summed E-state index contributed by atoms with van der Waals surface area (Å²) < 4.78 is 0. The molecule has 0 spiro atoms. The van der Waals surface area contributed by atoms with Gasteiger partial charge >= 0.3 is 0 Å². The van der Waals surface area contributed by atoms with E-state index >= 15 is 0 Å². The summed E-state index contributed by atoms with van der Waals surface area (Å²) in [5.41, 5.74) is 15.1. The molecular formula is C36H42Si3. The van der Waals surface area contributed by atoms with Crippen molar-refractivity contribution in [3.8, 4) is 0 Å². The van der Waals surface area contributed by atoms with E-state index in [-0.39, 0.29) is 0 Å². The van der Waals surface area contributed by atoms with Gasteiger partial charge in [-0.1, -0.05) is 160 Å². The molecule has 0 bridgehead atoms. The molecule has 3 unspecified atom stereocenters. The minimum Gasteiger partial charge on any atom is -0.106 e. The van der Waals surface area contributed by atoms with E-state index in [1.165, 1.54) is 15.6 Å². The first kappa shape index (κ1) is 28.8. The number of hydrogen-bond donors (Lipinski definition) is 0. The van der Waals surface area contributed by atoms with E-state index < -0.39 is 24.2 Å². The molecule has 3 atom stereocenters. The van der Waals surface area contributed by atoms with Crippen LogP contribution in [0.1, 0.15) is 19.3 Å². The molecule has 0 N–H and O–H groups in total. The van der Waals surface area contributed by atoms with Gasteiger partial charge in [0.15, 0.2) is 0 Å². The molecule has 0 heterocycles. The third-order valence-corrected chi connectivity index (χ3v) is 23.6. The van der Waals surface area contributed by atoms with Crippen molar-refractivity contribution in [3.63, 3.8) is 0 Å². The highest BCUT2D eigenvalue weighted by Crippen LogP contribution is 2.56. The van der Waals surface area contributed by atoms with Crippen molar-refractivity contribution < 1.29 is 0 Å². The maximum absolute atomic E-state index is 4.51. The topological polar surface area (TPSA) is 0 Å². The number of hydrogen-bond acceptors (Lipinski definition) is 0. The molecule has 0 radical (unpaired) electrons. The highest BCUT2D eigenvalue weighted by Gasteiger charge is 2.55. The Morgan fingerprint density at radius 1 is 0.436 bits per heavy atom. The lowest BCUT2D eigenvalue weighted by Crippen LogP contribution is -2.61. The predicted molar refractivity (Wildman–Crippen MR) is 182 cm³/mol. The second-order valence-corrected chi connectivity index (χ2v) is 22.9. The predicted octanol–water partition coefficient (Wildman–Crippen LogP) is 7.70. The molecule has 1 aliphatic rings. The summed E-state index contributed by atoms with van der Waals surface area (Å²) in [5, 5.41) is 4.19. The van der Waals surface area contributed by atoms with Crippen LogP contribution in [0, 0.1) is 0 Å². The fourth-order valence-electron chi connectivity index (χ4n) is 7.44. The van der Waals surface area contributed by atoms with Crippen molar-refractivity contribution in [2.75, 3.05) is 0 Å². The molecule has 1 saturated carbocycles. The van der Waals surface area contributed by atoms with Crippen molar-refractivity contribution in [1.29, 1.82) is 0 Å². The lowest BCUT2D eigenvalue weighted by molar-refractivity contribution is 0.481. The third-order valence-electron chi connectivity index (χ3n) is 9.60. The Bertz CT molecular complexity index is 1290. The van der Waals surface area contributed by atoms with Gasteiger partial charge in [-0.15, -0.1) is 39.5 Å². The molecule has 39 heavy (non-hydrogen) atoms. The summed E-state index contributed by atoms with van der Waals surface area (Å²) in [4.78, 5) is 0. The van der Waals surface area contributed by atoms with Crippen LogP contribution in [0.4, 0.5) is 0 Å². The van der Waals surface area contributed by atoms with E-state index in [9.17, 15) is 0 Å². The zero-order valence-electron chi connectivity index (χ0n) is 23.2. The SMILES string of the molecule is C=C[Si](C=C)(c1ccccc1)C1CCC([Si](C=C)(C=C)c2ccccc2)C([Si](C=C)(C=C)c2ccccc2)C1. The second-order valence-electron chi connectivity index (χ2n) is 10.8. The lowest BCUT2D eigenvalue weighted by atomic mass is 9.98. The fourth-order valence-corrected chi connectivity index (χ4v) is 21.0. The van der Waals surface area contributed by atoms with Crippen LogP contribution in [-0.4, -0.2) is 24.2 Å². The van der Waals surface area contributed by atoms with Gasteiger partial charge in [-0.05, 0) is 16.6 Å². The monoisotopic (exact) mass is 558 g/mol. The van der Waals surface area contributed by atoms with Gasteiger partial charge < -0.3 is 0 Å². The summed E-state index contributed by atoms with van der Waals surface area (Å²) in [6.07, 6.45) is 3.38. The van der Waals surface area contributed by atoms with Gasteiger partial charge in [0.05, 0.1) is 0 Å². The Morgan fingerprint density at radius 3 is 1.13 bits per heavy atom. The molecule has 0 nitrogen and oxygen atoms in total. The number of rotatable bonds is 12. The van der Waals surface area contributed by atoms with E-state index in [0.29, 0.717) is 16.6 Å². The normalized spacial score (nSPS) is 19.8. The summed E-state index contributed by atoms with van der Waals surface area (Å²) in [6.45, 7) is 26.8. The minimum atomic E-state index is -2.38. The van der Waals surface area contributed by atoms with Crippen molar-refractivity contribution in [2.24, 2.45) is 0 Å². The average Bonchev–Trinajstić information content (AvgIpc) is 3.02. The van der Waals surface area contributed by atoms with Gasteiger partial charge in [-0.25, -0.2) is 0 Å². The Balaban J connectivity index is 1.95. The molecule has 0 amide bonds. The third kappa shape index (κ3) is 4.84. The van der Waals surface area contributed by atoms with Crippen LogP contribution in [0.3, 0.4) is 0 Å². The van der Waals surface area contributed by atoms with Gasteiger partial charge in [0, 0.05) is 0 Å². The summed E-state index contributed by atoms with van der Waals surface area (Å²) in [5.74, 6) is 0. The van der Waals surface area contributed by atoms with Gasteiger partial charge in [0.25, 0.3) is 0 Å². The van der Waals surface area contributed by atoms with Gasteiger partial charge in [-0.3, -0.25) is 0 Å². The van der Waals surface area contributed by atoms with Gasteiger partial charge in [0.2, 0.25) is 0 Å². The Morgan fingerprint density at radius 2 is 0.769 bits per heavy atom. The highest BCUT2D eigenvalue weighted by atomic mass is 28.3. The molecule has 3 aromatic carbocycles. The molecule has 3 heteroatoms. The maximum Gasteiger partial charge on any atom is 0.135 e. The Kier molecular flexibility index (Phi) is 9.06. The highest BCUT2D eigenvalue weighted by molar-refractivity contribution is 7.06. The zero-order valence-corrected chi connectivity index (χ0v) is 26.2. The van der Waals surface area contributed by atoms with Crippen LogP contribution in [0.25, 0.3) is 0 Å². The first-order valence-electron chi connectivity index (χ1n) is 14.0. The summed E-state index contributed by atoms with van der Waals surface area (Å²) >= 11 is 0. The smallest absolute Gasteiger partial charge is 0.106 e. The van der Waals surface area contributed by atoms with Crippen molar-refractivity contribution in [2.45, 2.75) is 35.9 Å². The molecule has 1 aliphatic carbocycles. The largest absolute Gasteiger partial charge is 0.135 e.